The Hall–Kier alpha value is -3.16. The normalized spacial score (nSPS) is 18.8. The molecule has 32 heavy (non-hydrogen) atoms. The molecule has 2 amide bonds. The standard InChI is InChI=1S/C24H30N6O2/c31-23(11-8-17-15-25-21-7-2-1-6-20(17)21)30-13-4-3-5-19(30)12-14-29-16-22(27-28-29)24(32)26-18-9-10-18/h1-2,6-7,15-16,18-19,25H,3-5,8-14H2,(H,26,32). The van der Waals surface area contributed by atoms with E-state index in [0.29, 0.717) is 24.7 Å². The fourth-order valence-corrected chi connectivity index (χ4v) is 4.63. The number of aryl methyl sites for hydroxylation is 2. The molecule has 1 aliphatic carbocycles. The first kappa shape index (κ1) is 20.7. The van der Waals surface area contributed by atoms with Crippen molar-refractivity contribution in [2.75, 3.05) is 6.54 Å². The van der Waals surface area contributed by atoms with Crippen molar-refractivity contribution in [3.63, 3.8) is 0 Å². The lowest BCUT2D eigenvalue weighted by molar-refractivity contribution is -0.135. The predicted octanol–water partition coefficient (Wildman–Crippen LogP) is 3.06. The number of amides is 2. The zero-order chi connectivity index (χ0) is 21.9. The van der Waals surface area contributed by atoms with Gasteiger partial charge in [-0.25, -0.2) is 0 Å². The number of fused-ring (bicyclic) bond motifs is 1. The highest BCUT2D eigenvalue weighted by atomic mass is 16.2. The molecule has 0 spiro atoms. The van der Waals surface area contributed by atoms with Crippen LogP contribution in [-0.2, 0) is 17.8 Å². The van der Waals surface area contributed by atoms with Crippen molar-refractivity contribution in [1.29, 1.82) is 0 Å². The summed E-state index contributed by atoms with van der Waals surface area (Å²) >= 11 is 0. The molecule has 1 atom stereocenters. The van der Waals surface area contributed by atoms with Crippen molar-refractivity contribution in [3.8, 4) is 0 Å². The van der Waals surface area contributed by atoms with Crippen LogP contribution in [0, 0.1) is 0 Å². The second-order valence-corrected chi connectivity index (χ2v) is 9.00. The average molecular weight is 435 g/mol. The third-order valence-electron chi connectivity index (χ3n) is 6.61. The zero-order valence-corrected chi connectivity index (χ0v) is 18.3. The van der Waals surface area contributed by atoms with Crippen LogP contribution in [-0.4, -0.2) is 55.3 Å². The second-order valence-electron chi connectivity index (χ2n) is 9.00. The van der Waals surface area contributed by atoms with E-state index in [1.807, 2.05) is 18.3 Å². The van der Waals surface area contributed by atoms with Crippen LogP contribution < -0.4 is 5.32 Å². The largest absolute Gasteiger partial charge is 0.361 e. The van der Waals surface area contributed by atoms with Crippen LogP contribution in [0.5, 0.6) is 0 Å². The molecule has 0 bridgehead atoms. The molecular weight excluding hydrogens is 404 g/mol. The van der Waals surface area contributed by atoms with Crippen molar-refractivity contribution in [1.82, 2.24) is 30.2 Å². The minimum Gasteiger partial charge on any atom is -0.361 e. The van der Waals surface area contributed by atoms with E-state index in [9.17, 15) is 9.59 Å². The van der Waals surface area contributed by atoms with E-state index in [0.717, 1.165) is 57.0 Å². The van der Waals surface area contributed by atoms with E-state index < -0.39 is 0 Å². The van der Waals surface area contributed by atoms with Gasteiger partial charge in [0.25, 0.3) is 5.91 Å². The fourth-order valence-electron chi connectivity index (χ4n) is 4.63. The molecule has 3 heterocycles. The number of benzene rings is 1. The van der Waals surface area contributed by atoms with E-state index in [1.165, 1.54) is 10.9 Å². The van der Waals surface area contributed by atoms with Crippen molar-refractivity contribution in [2.24, 2.45) is 0 Å². The summed E-state index contributed by atoms with van der Waals surface area (Å²) in [6.45, 7) is 1.48. The molecule has 1 aromatic carbocycles. The smallest absolute Gasteiger partial charge is 0.273 e. The third-order valence-corrected chi connectivity index (χ3v) is 6.61. The van der Waals surface area contributed by atoms with Crippen molar-refractivity contribution in [3.05, 3.63) is 47.9 Å². The van der Waals surface area contributed by atoms with Gasteiger partial charge in [0.2, 0.25) is 5.91 Å². The molecular formula is C24H30N6O2. The Morgan fingerprint density at radius 3 is 2.91 bits per heavy atom. The van der Waals surface area contributed by atoms with E-state index in [-0.39, 0.29) is 17.9 Å². The number of hydrogen-bond acceptors (Lipinski definition) is 4. The number of piperidine rings is 1. The summed E-state index contributed by atoms with van der Waals surface area (Å²) in [5, 5.41) is 12.3. The Balaban J connectivity index is 1.16. The van der Waals surface area contributed by atoms with Crippen LogP contribution in [0.4, 0.5) is 0 Å². The van der Waals surface area contributed by atoms with Gasteiger partial charge in [0.05, 0.1) is 6.20 Å². The monoisotopic (exact) mass is 434 g/mol. The first-order chi connectivity index (χ1) is 15.7. The molecule has 2 N–H and O–H groups in total. The number of nitrogens with zero attached hydrogens (tertiary/aromatic N) is 4. The lowest BCUT2D eigenvalue weighted by Crippen LogP contribution is -2.44. The van der Waals surface area contributed by atoms with Crippen LogP contribution in [0.1, 0.15) is 61.0 Å². The number of aromatic nitrogens is 4. The molecule has 0 radical (unpaired) electrons. The van der Waals surface area contributed by atoms with Crippen molar-refractivity contribution < 1.29 is 9.59 Å². The summed E-state index contributed by atoms with van der Waals surface area (Å²) < 4.78 is 1.73. The SMILES string of the molecule is O=C(NC1CC1)c1cn(CCC2CCCCN2C(=O)CCc2c[nH]c3ccccc23)nn1. The molecule has 2 aromatic heterocycles. The van der Waals surface area contributed by atoms with Gasteiger partial charge in [-0.05, 0) is 56.6 Å². The molecule has 5 rings (SSSR count). The summed E-state index contributed by atoms with van der Waals surface area (Å²) in [4.78, 5) is 30.6. The number of para-hydroxylation sites is 1. The average Bonchev–Trinajstić information content (AvgIpc) is 3.34. The topological polar surface area (TPSA) is 95.9 Å². The maximum absolute atomic E-state index is 13.1. The van der Waals surface area contributed by atoms with Crippen LogP contribution in [0.25, 0.3) is 10.9 Å². The number of carbonyl (C=O) groups is 2. The molecule has 1 unspecified atom stereocenters. The summed E-state index contributed by atoms with van der Waals surface area (Å²) in [5.41, 5.74) is 2.68. The highest BCUT2D eigenvalue weighted by Gasteiger charge is 2.27. The minimum atomic E-state index is -0.148. The van der Waals surface area contributed by atoms with Gasteiger partial charge in [-0.3, -0.25) is 14.3 Å². The van der Waals surface area contributed by atoms with Gasteiger partial charge in [-0.2, -0.15) is 0 Å². The number of likely N-dealkylation sites (tertiary alicyclic amines) is 1. The number of rotatable bonds is 8. The Bertz CT molecular complexity index is 1100. The van der Waals surface area contributed by atoms with Gasteiger partial charge in [0.1, 0.15) is 0 Å². The second kappa shape index (κ2) is 9.14. The maximum atomic E-state index is 13.1. The van der Waals surface area contributed by atoms with Crippen LogP contribution in [0.15, 0.2) is 36.7 Å². The summed E-state index contributed by atoms with van der Waals surface area (Å²) in [6.07, 6.45) is 11.1. The van der Waals surface area contributed by atoms with Gasteiger partial charge in [0, 0.05) is 48.7 Å². The number of carbonyl (C=O) groups excluding carboxylic acids is 2. The highest BCUT2D eigenvalue weighted by Crippen LogP contribution is 2.24. The molecule has 1 saturated heterocycles. The number of nitrogens with one attached hydrogen (secondary N) is 2. The number of H-pyrrole nitrogens is 1. The molecule has 1 aliphatic heterocycles. The third kappa shape index (κ3) is 4.69. The van der Waals surface area contributed by atoms with Gasteiger partial charge in [-0.1, -0.05) is 23.4 Å². The Morgan fingerprint density at radius 2 is 2.03 bits per heavy atom. The molecule has 1 saturated carbocycles. The lowest BCUT2D eigenvalue weighted by Gasteiger charge is -2.36. The molecule has 3 aromatic rings. The van der Waals surface area contributed by atoms with Crippen molar-refractivity contribution >= 4 is 22.7 Å². The fraction of sp³-hybridized carbons (Fsp3) is 0.500. The molecule has 8 nitrogen and oxygen atoms in total. The zero-order valence-electron chi connectivity index (χ0n) is 18.3. The molecule has 2 aliphatic rings. The van der Waals surface area contributed by atoms with Crippen molar-refractivity contribution in [2.45, 2.75) is 70.0 Å². The summed E-state index contributed by atoms with van der Waals surface area (Å²) in [6, 6.07) is 8.74. The quantitative estimate of drug-likeness (QED) is 0.570. The van der Waals surface area contributed by atoms with E-state index in [1.54, 1.807) is 10.9 Å². The Morgan fingerprint density at radius 1 is 1.16 bits per heavy atom. The molecule has 168 valence electrons. The predicted molar refractivity (Wildman–Crippen MR) is 121 cm³/mol. The highest BCUT2D eigenvalue weighted by molar-refractivity contribution is 5.92. The van der Waals surface area contributed by atoms with E-state index in [2.05, 4.69) is 37.6 Å². The maximum Gasteiger partial charge on any atom is 0.273 e. The number of hydrogen-bond donors (Lipinski definition) is 2. The van der Waals surface area contributed by atoms with Gasteiger partial charge in [-0.15, -0.1) is 5.10 Å². The van der Waals surface area contributed by atoms with E-state index >= 15 is 0 Å². The Kier molecular flexibility index (Phi) is 5.92. The first-order valence-corrected chi connectivity index (χ1v) is 11.7. The summed E-state index contributed by atoms with van der Waals surface area (Å²) in [7, 11) is 0. The molecule has 2 fully saturated rings. The Labute approximate surface area is 187 Å². The van der Waals surface area contributed by atoms with Gasteiger partial charge in [0.15, 0.2) is 5.69 Å². The molecule has 8 heteroatoms. The van der Waals surface area contributed by atoms with E-state index in [4.69, 9.17) is 0 Å². The minimum absolute atomic E-state index is 0.148. The van der Waals surface area contributed by atoms with Crippen LogP contribution >= 0.6 is 0 Å². The van der Waals surface area contributed by atoms with Gasteiger partial charge < -0.3 is 15.2 Å². The van der Waals surface area contributed by atoms with Crippen LogP contribution in [0.2, 0.25) is 0 Å². The number of aromatic amines is 1. The van der Waals surface area contributed by atoms with Gasteiger partial charge >= 0.3 is 0 Å². The van der Waals surface area contributed by atoms with Crippen LogP contribution in [0.3, 0.4) is 0 Å². The summed E-state index contributed by atoms with van der Waals surface area (Å²) in [5.74, 6) is 0.0774. The first-order valence-electron chi connectivity index (χ1n) is 11.7. The lowest BCUT2D eigenvalue weighted by atomic mass is 9.98.